The normalized spacial score (nSPS) is 17.1. The molecule has 1 heterocycles. The monoisotopic (exact) mass is 210 g/mol. The van der Waals surface area contributed by atoms with Gasteiger partial charge in [-0.1, -0.05) is 18.0 Å². The second kappa shape index (κ2) is 4.42. The van der Waals surface area contributed by atoms with Crippen LogP contribution in [0.2, 0.25) is 0 Å². The van der Waals surface area contributed by atoms with E-state index in [1.54, 1.807) is 0 Å². The van der Waals surface area contributed by atoms with Gasteiger partial charge in [0.05, 0.1) is 6.42 Å². The first-order valence-corrected chi connectivity index (χ1v) is 5.30. The molecule has 2 rings (SSSR count). The van der Waals surface area contributed by atoms with Gasteiger partial charge in [-0.15, -0.1) is 0 Å². The Bertz CT molecular complexity index is 342. The molecule has 0 amide bonds. The Morgan fingerprint density at radius 3 is 2.87 bits per heavy atom. The van der Waals surface area contributed by atoms with Crippen LogP contribution in [0.1, 0.15) is 49.7 Å². The zero-order chi connectivity index (χ0) is 10.7. The summed E-state index contributed by atoms with van der Waals surface area (Å²) in [6.07, 6.45) is 5.07. The Kier molecular flexibility index (Phi) is 2.99. The van der Waals surface area contributed by atoms with Crippen LogP contribution >= 0.6 is 0 Å². The molecule has 1 aromatic rings. The first-order chi connectivity index (χ1) is 7.25. The number of hydrogen-bond donors (Lipinski definition) is 1. The van der Waals surface area contributed by atoms with Crippen molar-refractivity contribution in [2.24, 2.45) is 0 Å². The lowest BCUT2D eigenvalue weighted by molar-refractivity contribution is -0.137. The number of carboxylic acid groups (broad SMARTS) is 1. The van der Waals surface area contributed by atoms with E-state index in [0.29, 0.717) is 24.1 Å². The van der Waals surface area contributed by atoms with Crippen molar-refractivity contribution in [2.75, 3.05) is 0 Å². The summed E-state index contributed by atoms with van der Waals surface area (Å²) in [5.74, 6) is 0.769. The largest absolute Gasteiger partial charge is 0.481 e. The molecule has 1 aliphatic rings. The molecule has 15 heavy (non-hydrogen) atoms. The van der Waals surface area contributed by atoms with E-state index >= 15 is 0 Å². The number of aliphatic carboxylic acids is 1. The number of nitrogens with zero attached hydrogens (tertiary/aromatic N) is 2. The van der Waals surface area contributed by atoms with E-state index in [2.05, 4.69) is 10.1 Å². The highest BCUT2D eigenvalue weighted by molar-refractivity contribution is 5.66. The van der Waals surface area contributed by atoms with Gasteiger partial charge in [-0.2, -0.15) is 4.98 Å². The second-order valence-electron chi connectivity index (χ2n) is 3.92. The van der Waals surface area contributed by atoms with E-state index in [4.69, 9.17) is 9.63 Å². The average Bonchev–Trinajstić information content (AvgIpc) is 2.85. The first kappa shape index (κ1) is 10.1. The topological polar surface area (TPSA) is 76.2 Å². The molecular weight excluding hydrogens is 196 g/mol. The molecule has 5 heteroatoms. The van der Waals surface area contributed by atoms with Crippen molar-refractivity contribution < 1.29 is 14.4 Å². The summed E-state index contributed by atoms with van der Waals surface area (Å²) in [5.41, 5.74) is 0. The Labute approximate surface area is 87.5 Å². The van der Waals surface area contributed by atoms with Crippen molar-refractivity contribution in [3.8, 4) is 0 Å². The molecule has 0 unspecified atom stereocenters. The lowest BCUT2D eigenvalue weighted by Crippen LogP contribution is -1.99. The van der Waals surface area contributed by atoms with Crippen molar-refractivity contribution in [1.29, 1.82) is 0 Å². The molecule has 0 aromatic carbocycles. The number of aromatic nitrogens is 2. The van der Waals surface area contributed by atoms with E-state index in [0.717, 1.165) is 12.8 Å². The highest BCUT2D eigenvalue weighted by Crippen LogP contribution is 2.32. The van der Waals surface area contributed by atoms with Gasteiger partial charge in [0.25, 0.3) is 0 Å². The minimum Gasteiger partial charge on any atom is -0.481 e. The van der Waals surface area contributed by atoms with Crippen LogP contribution in [0.3, 0.4) is 0 Å². The number of aryl methyl sites for hydroxylation is 1. The molecule has 1 saturated carbocycles. The molecule has 0 atom stereocenters. The van der Waals surface area contributed by atoms with E-state index in [1.165, 1.54) is 12.8 Å². The van der Waals surface area contributed by atoms with E-state index in [1.807, 2.05) is 0 Å². The summed E-state index contributed by atoms with van der Waals surface area (Å²) in [6, 6.07) is 0. The summed E-state index contributed by atoms with van der Waals surface area (Å²) < 4.78 is 5.13. The Hall–Kier alpha value is -1.39. The first-order valence-electron chi connectivity index (χ1n) is 5.30. The third-order valence-electron chi connectivity index (χ3n) is 2.75. The Balaban J connectivity index is 1.94. The van der Waals surface area contributed by atoms with E-state index in [9.17, 15) is 4.79 Å². The van der Waals surface area contributed by atoms with Crippen molar-refractivity contribution in [3.63, 3.8) is 0 Å². The SMILES string of the molecule is O=C(O)CCc1noc(C2CCCC2)n1. The maximum absolute atomic E-state index is 10.3. The number of rotatable bonds is 4. The van der Waals surface area contributed by atoms with Gasteiger partial charge >= 0.3 is 5.97 Å². The molecule has 0 bridgehead atoms. The molecule has 0 aliphatic heterocycles. The fraction of sp³-hybridized carbons (Fsp3) is 0.700. The third-order valence-corrected chi connectivity index (χ3v) is 2.75. The van der Waals surface area contributed by atoms with Crippen LogP contribution in [0, 0.1) is 0 Å². The lowest BCUT2D eigenvalue weighted by Gasteiger charge is -1.99. The summed E-state index contributed by atoms with van der Waals surface area (Å²) in [5, 5.41) is 12.3. The lowest BCUT2D eigenvalue weighted by atomic mass is 10.1. The maximum Gasteiger partial charge on any atom is 0.303 e. The van der Waals surface area contributed by atoms with Crippen molar-refractivity contribution >= 4 is 5.97 Å². The number of hydrogen-bond acceptors (Lipinski definition) is 4. The van der Waals surface area contributed by atoms with Gasteiger partial charge in [-0.3, -0.25) is 4.79 Å². The molecule has 82 valence electrons. The van der Waals surface area contributed by atoms with Crippen LogP contribution in [-0.2, 0) is 11.2 Å². The Morgan fingerprint density at radius 1 is 1.47 bits per heavy atom. The Morgan fingerprint density at radius 2 is 2.20 bits per heavy atom. The quantitative estimate of drug-likeness (QED) is 0.819. The molecule has 1 N–H and O–H groups in total. The van der Waals surface area contributed by atoms with Gasteiger partial charge in [0.2, 0.25) is 5.89 Å². The smallest absolute Gasteiger partial charge is 0.303 e. The minimum absolute atomic E-state index is 0.0592. The zero-order valence-electron chi connectivity index (χ0n) is 8.48. The second-order valence-corrected chi connectivity index (χ2v) is 3.92. The van der Waals surface area contributed by atoms with Crippen molar-refractivity contribution in [1.82, 2.24) is 10.1 Å². The summed E-state index contributed by atoms with van der Waals surface area (Å²) in [6.45, 7) is 0. The summed E-state index contributed by atoms with van der Waals surface area (Å²) in [7, 11) is 0. The van der Waals surface area contributed by atoms with Crippen LogP contribution in [0.15, 0.2) is 4.52 Å². The van der Waals surface area contributed by atoms with Crippen molar-refractivity contribution in [3.05, 3.63) is 11.7 Å². The van der Waals surface area contributed by atoms with Gasteiger partial charge in [-0.25, -0.2) is 0 Å². The van der Waals surface area contributed by atoms with Gasteiger partial charge in [-0.05, 0) is 12.8 Å². The fourth-order valence-corrected chi connectivity index (χ4v) is 1.93. The average molecular weight is 210 g/mol. The maximum atomic E-state index is 10.3. The molecule has 1 aliphatic carbocycles. The minimum atomic E-state index is -0.831. The number of carbonyl (C=O) groups is 1. The van der Waals surface area contributed by atoms with E-state index in [-0.39, 0.29) is 6.42 Å². The summed E-state index contributed by atoms with van der Waals surface area (Å²) >= 11 is 0. The predicted octanol–water partition coefficient (Wildman–Crippen LogP) is 1.74. The molecular formula is C10H14N2O3. The fourth-order valence-electron chi connectivity index (χ4n) is 1.93. The molecule has 0 saturated heterocycles. The van der Waals surface area contributed by atoms with Gasteiger partial charge in [0.1, 0.15) is 0 Å². The van der Waals surface area contributed by atoms with Gasteiger partial charge in [0.15, 0.2) is 5.82 Å². The van der Waals surface area contributed by atoms with Crippen LogP contribution in [0.5, 0.6) is 0 Å². The highest BCUT2D eigenvalue weighted by Gasteiger charge is 2.22. The summed E-state index contributed by atoms with van der Waals surface area (Å²) in [4.78, 5) is 14.6. The standard InChI is InChI=1S/C10H14N2O3/c13-9(14)6-5-8-11-10(15-12-8)7-3-1-2-4-7/h7H,1-6H2,(H,13,14). The number of carboxylic acids is 1. The van der Waals surface area contributed by atoms with Crippen LogP contribution in [-0.4, -0.2) is 21.2 Å². The van der Waals surface area contributed by atoms with Crippen LogP contribution in [0.25, 0.3) is 0 Å². The third kappa shape index (κ3) is 2.55. The highest BCUT2D eigenvalue weighted by atomic mass is 16.5. The molecule has 0 spiro atoms. The van der Waals surface area contributed by atoms with Crippen LogP contribution in [0.4, 0.5) is 0 Å². The molecule has 5 nitrogen and oxygen atoms in total. The van der Waals surface area contributed by atoms with Gasteiger partial charge in [0, 0.05) is 12.3 Å². The van der Waals surface area contributed by atoms with E-state index < -0.39 is 5.97 Å². The van der Waals surface area contributed by atoms with Gasteiger partial charge < -0.3 is 9.63 Å². The predicted molar refractivity (Wildman–Crippen MR) is 51.5 cm³/mol. The molecule has 0 radical (unpaired) electrons. The van der Waals surface area contributed by atoms with Crippen LogP contribution < -0.4 is 0 Å². The molecule has 1 aromatic heterocycles. The van der Waals surface area contributed by atoms with Crippen molar-refractivity contribution in [2.45, 2.75) is 44.4 Å². The molecule has 1 fully saturated rings. The zero-order valence-corrected chi connectivity index (χ0v) is 8.48.